The summed E-state index contributed by atoms with van der Waals surface area (Å²) < 4.78 is 30.9. The van der Waals surface area contributed by atoms with Crippen LogP contribution in [0.4, 0.5) is 0 Å². The Morgan fingerprint density at radius 1 is 1.25 bits per heavy atom. The van der Waals surface area contributed by atoms with Crippen molar-refractivity contribution in [2.45, 2.75) is 34.1 Å². The zero-order chi connectivity index (χ0) is 15.3. The van der Waals surface area contributed by atoms with Crippen LogP contribution in [0.1, 0.15) is 33.5 Å². The molecule has 0 spiro atoms. The van der Waals surface area contributed by atoms with Crippen LogP contribution in [0, 0.1) is 17.8 Å². The molecule has 1 aromatic rings. The van der Waals surface area contributed by atoms with Crippen LogP contribution in [0.3, 0.4) is 0 Å². The van der Waals surface area contributed by atoms with Crippen LogP contribution in [-0.4, -0.2) is 30.9 Å². The van der Waals surface area contributed by atoms with Gasteiger partial charge in [0.1, 0.15) is 0 Å². The van der Waals surface area contributed by atoms with E-state index in [4.69, 9.17) is 0 Å². The summed E-state index contributed by atoms with van der Waals surface area (Å²) in [7, 11) is -3.33. The number of sulfonamides is 1. The second kappa shape index (κ2) is 7.03. The molecule has 20 heavy (non-hydrogen) atoms. The van der Waals surface area contributed by atoms with Gasteiger partial charge in [-0.2, -0.15) is 0 Å². The van der Waals surface area contributed by atoms with Crippen molar-refractivity contribution in [3.05, 3.63) is 16.4 Å². The number of nitrogens with zero attached hydrogens (tertiary/aromatic N) is 1. The lowest BCUT2D eigenvalue weighted by Crippen LogP contribution is -2.34. The lowest BCUT2D eigenvalue weighted by molar-refractivity contribution is 0.317. The molecule has 1 rings (SSSR count). The van der Waals surface area contributed by atoms with Crippen molar-refractivity contribution in [2.75, 3.05) is 12.3 Å². The molecule has 0 bridgehead atoms. The molecular weight excluding hydrogens is 282 g/mol. The van der Waals surface area contributed by atoms with E-state index in [-0.39, 0.29) is 18.2 Å². The van der Waals surface area contributed by atoms with E-state index >= 15 is 0 Å². The normalized spacial score (nSPS) is 12.8. The summed E-state index contributed by atoms with van der Waals surface area (Å²) in [6, 6.07) is 0. The van der Waals surface area contributed by atoms with Crippen LogP contribution in [0.5, 0.6) is 0 Å². The molecule has 0 atom stereocenters. The van der Waals surface area contributed by atoms with Gasteiger partial charge in [-0.05, 0) is 17.8 Å². The molecule has 0 saturated carbocycles. The van der Waals surface area contributed by atoms with E-state index < -0.39 is 15.8 Å². The third-order valence-corrected chi connectivity index (χ3v) is 4.76. The second-order valence-corrected chi connectivity index (χ2v) is 7.47. The summed E-state index contributed by atoms with van der Waals surface area (Å²) >= 11 is 0. The summed E-state index contributed by atoms with van der Waals surface area (Å²) in [5, 5.41) is 3.47. The molecule has 8 heteroatoms. The van der Waals surface area contributed by atoms with Crippen molar-refractivity contribution < 1.29 is 12.9 Å². The first-order valence-electron chi connectivity index (χ1n) is 6.73. The van der Waals surface area contributed by atoms with E-state index in [0.717, 1.165) is 0 Å². The first-order valence-corrected chi connectivity index (χ1v) is 8.38. The number of rotatable bonds is 8. The third kappa shape index (κ3) is 5.46. The number of hydrogen-bond donors (Lipinski definition) is 2. The smallest absolute Gasteiger partial charge is 0.296 e. The largest absolute Gasteiger partial charge is 0.438 e. The predicted molar refractivity (Wildman–Crippen MR) is 75.8 cm³/mol. The Morgan fingerprint density at radius 3 is 2.30 bits per heavy atom. The van der Waals surface area contributed by atoms with Gasteiger partial charge in [-0.3, -0.25) is 9.51 Å². The molecule has 0 aromatic carbocycles. The van der Waals surface area contributed by atoms with E-state index in [1.165, 1.54) is 0 Å². The van der Waals surface area contributed by atoms with Crippen molar-refractivity contribution in [3.63, 3.8) is 0 Å². The highest BCUT2D eigenvalue weighted by Gasteiger charge is 2.24. The van der Waals surface area contributed by atoms with Crippen LogP contribution in [0.25, 0.3) is 0 Å². The zero-order valence-corrected chi connectivity index (χ0v) is 13.2. The molecule has 1 heterocycles. The van der Waals surface area contributed by atoms with Crippen LogP contribution in [-0.2, 0) is 16.4 Å². The first-order chi connectivity index (χ1) is 9.21. The van der Waals surface area contributed by atoms with E-state index in [2.05, 4.69) is 19.4 Å². The van der Waals surface area contributed by atoms with Gasteiger partial charge in [-0.1, -0.05) is 32.9 Å². The Morgan fingerprint density at radius 2 is 1.85 bits per heavy atom. The summed E-state index contributed by atoms with van der Waals surface area (Å²) in [5.74, 6) is 0.526. The summed E-state index contributed by atoms with van der Waals surface area (Å²) in [4.78, 5) is 13.1. The molecule has 0 fully saturated rings. The monoisotopic (exact) mass is 305 g/mol. The summed E-state index contributed by atoms with van der Waals surface area (Å²) in [5.41, 5.74) is 0. The average Bonchev–Trinajstić information content (AvgIpc) is 2.71. The first kappa shape index (κ1) is 16.9. The van der Waals surface area contributed by atoms with Crippen molar-refractivity contribution in [2.24, 2.45) is 17.8 Å². The molecule has 0 amide bonds. The molecule has 0 radical (unpaired) electrons. The van der Waals surface area contributed by atoms with Crippen LogP contribution < -0.4 is 10.5 Å². The quantitative estimate of drug-likeness (QED) is 0.737. The minimum Gasteiger partial charge on any atom is -0.296 e. The number of aromatic nitrogens is 2. The highest BCUT2D eigenvalue weighted by Crippen LogP contribution is 2.21. The van der Waals surface area contributed by atoms with Gasteiger partial charge in [0.2, 0.25) is 10.0 Å². The highest BCUT2D eigenvalue weighted by atomic mass is 32.2. The topological polar surface area (TPSA) is 105 Å². The molecule has 0 aliphatic rings. The van der Waals surface area contributed by atoms with Gasteiger partial charge in [0.15, 0.2) is 5.82 Å². The predicted octanol–water partition coefficient (Wildman–Crippen LogP) is 0.753. The third-order valence-electron chi connectivity index (χ3n) is 3.29. The molecule has 0 aliphatic heterocycles. The van der Waals surface area contributed by atoms with Crippen LogP contribution in [0.2, 0.25) is 0 Å². The van der Waals surface area contributed by atoms with Gasteiger partial charge >= 0.3 is 5.76 Å². The van der Waals surface area contributed by atoms with E-state index in [1.807, 2.05) is 27.7 Å². The van der Waals surface area contributed by atoms with Crippen molar-refractivity contribution in [1.29, 1.82) is 0 Å². The zero-order valence-electron chi connectivity index (χ0n) is 12.3. The summed E-state index contributed by atoms with van der Waals surface area (Å²) in [6.45, 7) is 8.30. The molecule has 7 nitrogen and oxygen atoms in total. The number of hydrogen-bond acceptors (Lipinski definition) is 5. The fourth-order valence-corrected chi connectivity index (χ4v) is 3.97. The Labute approximate surface area is 119 Å². The molecule has 1 aromatic heterocycles. The van der Waals surface area contributed by atoms with Gasteiger partial charge in [0.25, 0.3) is 0 Å². The van der Waals surface area contributed by atoms with Gasteiger partial charge in [-0.15, -0.1) is 0 Å². The van der Waals surface area contributed by atoms with E-state index in [0.29, 0.717) is 24.1 Å². The van der Waals surface area contributed by atoms with E-state index in [9.17, 15) is 13.2 Å². The molecule has 0 saturated heterocycles. The Kier molecular flexibility index (Phi) is 5.94. The molecule has 0 aliphatic carbocycles. The standard InChI is InChI=1S/C12H23N3O4S/c1-8(2)10(9(3)4)7-20(17,18)13-6-5-11-14-12(16)19-15-11/h8-10,13H,5-7H2,1-4H3,(H,14,15,16). The van der Waals surface area contributed by atoms with Gasteiger partial charge in [0, 0.05) is 13.0 Å². The van der Waals surface area contributed by atoms with Crippen molar-refractivity contribution in [3.8, 4) is 0 Å². The second-order valence-electron chi connectivity index (χ2n) is 5.62. The number of H-pyrrole nitrogens is 1. The Bertz CT molecular complexity index is 551. The molecule has 116 valence electrons. The Hall–Kier alpha value is -1.15. The molecule has 2 N–H and O–H groups in total. The fourth-order valence-electron chi connectivity index (χ4n) is 2.16. The maximum Gasteiger partial charge on any atom is 0.438 e. The number of aromatic amines is 1. The lowest BCUT2D eigenvalue weighted by atomic mass is 9.87. The summed E-state index contributed by atoms with van der Waals surface area (Å²) in [6.07, 6.45) is 0.291. The van der Waals surface area contributed by atoms with Gasteiger partial charge < -0.3 is 0 Å². The average molecular weight is 305 g/mol. The van der Waals surface area contributed by atoms with Gasteiger partial charge in [0.05, 0.1) is 5.75 Å². The van der Waals surface area contributed by atoms with Crippen LogP contribution >= 0.6 is 0 Å². The highest BCUT2D eigenvalue weighted by molar-refractivity contribution is 7.89. The SMILES string of the molecule is CC(C)C(CS(=O)(=O)NCCc1noc(=O)[nH]1)C(C)C. The van der Waals surface area contributed by atoms with Crippen LogP contribution in [0.15, 0.2) is 9.32 Å². The molecular formula is C12H23N3O4S. The van der Waals surface area contributed by atoms with Gasteiger partial charge in [-0.25, -0.2) is 17.9 Å². The fraction of sp³-hybridized carbons (Fsp3) is 0.833. The minimum absolute atomic E-state index is 0.109. The van der Waals surface area contributed by atoms with Crippen molar-refractivity contribution in [1.82, 2.24) is 14.9 Å². The Balaban J connectivity index is 2.50. The van der Waals surface area contributed by atoms with Crippen molar-refractivity contribution >= 4 is 10.0 Å². The lowest BCUT2D eigenvalue weighted by Gasteiger charge is -2.24. The molecule has 0 unspecified atom stereocenters. The maximum absolute atomic E-state index is 12.0. The number of nitrogens with one attached hydrogen (secondary N) is 2. The minimum atomic E-state index is -3.33. The maximum atomic E-state index is 12.0. The van der Waals surface area contributed by atoms with E-state index in [1.54, 1.807) is 0 Å².